The molecule has 8 heteroatoms. The van der Waals surface area contributed by atoms with Crippen LogP contribution < -0.4 is 9.47 Å². The zero-order valence-electron chi connectivity index (χ0n) is 11.0. The first kappa shape index (κ1) is 15.4. The van der Waals surface area contributed by atoms with Gasteiger partial charge in [-0.05, 0) is 6.92 Å². The number of methoxy groups -OCH3 is 1. The molecule has 0 unspecified atom stereocenters. The number of hydrogen-bond donors (Lipinski definition) is 0. The van der Waals surface area contributed by atoms with Crippen LogP contribution in [0.5, 0.6) is 11.5 Å². The number of benzene rings is 1. The molecule has 0 fully saturated rings. The monoisotopic (exact) mass is 283 g/mol. The first-order valence-electron chi connectivity index (χ1n) is 5.63. The standard InChI is InChI=1S/C12H13NO7/c1-3-19-12(15)7-20-11-5-9(13(16)17)8(6-14)4-10(11)18-2/h4-6H,3,7H2,1-2H3. The summed E-state index contributed by atoms with van der Waals surface area (Å²) >= 11 is 0. The van der Waals surface area contributed by atoms with Gasteiger partial charge in [-0.2, -0.15) is 0 Å². The Labute approximate surface area is 114 Å². The van der Waals surface area contributed by atoms with E-state index in [-0.39, 0.29) is 23.7 Å². The van der Waals surface area contributed by atoms with E-state index in [4.69, 9.17) is 9.47 Å². The Balaban J connectivity index is 3.05. The van der Waals surface area contributed by atoms with Crippen LogP contribution in [0.3, 0.4) is 0 Å². The summed E-state index contributed by atoms with van der Waals surface area (Å²) in [5.41, 5.74) is -0.574. The van der Waals surface area contributed by atoms with E-state index < -0.39 is 23.2 Å². The molecule has 0 saturated carbocycles. The van der Waals surface area contributed by atoms with Gasteiger partial charge in [0.1, 0.15) is 0 Å². The number of esters is 1. The molecule has 108 valence electrons. The number of hydrogen-bond acceptors (Lipinski definition) is 7. The second-order valence-corrected chi connectivity index (χ2v) is 3.53. The predicted molar refractivity (Wildman–Crippen MR) is 67.2 cm³/mol. The van der Waals surface area contributed by atoms with Gasteiger partial charge in [0.25, 0.3) is 5.69 Å². The minimum atomic E-state index is -0.722. The van der Waals surface area contributed by atoms with Crippen molar-refractivity contribution in [3.05, 3.63) is 27.8 Å². The SMILES string of the molecule is CCOC(=O)COc1cc([N+](=O)[O-])c(C=O)cc1OC. The minimum absolute atomic E-state index is 0.0159. The molecule has 20 heavy (non-hydrogen) atoms. The summed E-state index contributed by atoms with van der Waals surface area (Å²) in [6.45, 7) is 1.42. The first-order chi connectivity index (χ1) is 9.53. The van der Waals surface area contributed by atoms with Crippen LogP contribution in [0.1, 0.15) is 17.3 Å². The molecular formula is C12H13NO7. The molecular weight excluding hydrogens is 270 g/mol. The lowest BCUT2D eigenvalue weighted by Gasteiger charge is -2.10. The van der Waals surface area contributed by atoms with E-state index in [1.165, 1.54) is 13.2 Å². The fraction of sp³-hybridized carbons (Fsp3) is 0.333. The molecule has 1 rings (SSSR count). The van der Waals surface area contributed by atoms with Gasteiger partial charge in [-0.25, -0.2) is 4.79 Å². The summed E-state index contributed by atoms with van der Waals surface area (Å²) in [4.78, 5) is 32.1. The highest BCUT2D eigenvalue weighted by Crippen LogP contribution is 2.33. The molecule has 0 radical (unpaired) electrons. The van der Waals surface area contributed by atoms with E-state index in [0.29, 0.717) is 6.29 Å². The minimum Gasteiger partial charge on any atom is -0.493 e. The van der Waals surface area contributed by atoms with Crippen molar-refractivity contribution in [1.29, 1.82) is 0 Å². The van der Waals surface area contributed by atoms with Crippen molar-refractivity contribution < 1.29 is 28.7 Å². The Bertz CT molecular complexity index is 527. The summed E-state index contributed by atoms with van der Waals surface area (Å²) in [5, 5.41) is 10.8. The highest BCUT2D eigenvalue weighted by molar-refractivity contribution is 5.83. The van der Waals surface area contributed by atoms with Gasteiger partial charge in [-0.3, -0.25) is 14.9 Å². The van der Waals surface area contributed by atoms with Gasteiger partial charge in [0.15, 0.2) is 24.4 Å². The van der Waals surface area contributed by atoms with Gasteiger partial charge >= 0.3 is 5.97 Å². The Morgan fingerprint density at radius 2 is 2.10 bits per heavy atom. The van der Waals surface area contributed by atoms with Gasteiger partial charge in [0.05, 0.1) is 30.3 Å². The van der Waals surface area contributed by atoms with E-state index in [1.807, 2.05) is 0 Å². The van der Waals surface area contributed by atoms with Crippen molar-refractivity contribution in [3.8, 4) is 11.5 Å². The third-order valence-corrected chi connectivity index (χ3v) is 2.29. The number of nitro groups is 1. The van der Waals surface area contributed by atoms with Crippen molar-refractivity contribution in [2.24, 2.45) is 0 Å². The largest absolute Gasteiger partial charge is 0.493 e. The molecule has 0 aliphatic heterocycles. The molecule has 0 atom stereocenters. The highest BCUT2D eigenvalue weighted by atomic mass is 16.6. The smallest absolute Gasteiger partial charge is 0.344 e. The molecule has 0 saturated heterocycles. The molecule has 0 aliphatic rings. The van der Waals surface area contributed by atoms with Gasteiger partial charge in [0.2, 0.25) is 0 Å². The van der Waals surface area contributed by atoms with Crippen LogP contribution in [-0.4, -0.2) is 37.5 Å². The topological polar surface area (TPSA) is 105 Å². The zero-order chi connectivity index (χ0) is 15.1. The van der Waals surface area contributed by atoms with Crippen LogP contribution in [0.2, 0.25) is 0 Å². The third-order valence-electron chi connectivity index (χ3n) is 2.29. The summed E-state index contributed by atoms with van der Waals surface area (Å²) in [7, 11) is 1.31. The summed E-state index contributed by atoms with van der Waals surface area (Å²) < 4.78 is 14.7. The maximum absolute atomic E-state index is 11.2. The molecule has 0 heterocycles. The van der Waals surface area contributed by atoms with E-state index in [1.54, 1.807) is 6.92 Å². The van der Waals surface area contributed by atoms with Gasteiger partial charge in [-0.15, -0.1) is 0 Å². The molecule has 0 N–H and O–H groups in total. The highest BCUT2D eigenvalue weighted by Gasteiger charge is 2.20. The van der Waals surface area contributed by atoms with Crippen LogP contribution in [-0.2, 0) is 9.53 Å². The number of carbonyl (C=O) groups is 2. The second-order valence-electron chi connectivity index (χ2n) is 3.53. The number of ether oxygens (including phenoxy) is 3. The van der Waals surface area contributed by atoms with E-state index >= 15 is 0 Å². The maximum atomic E-state index is 11.2. The van der Waals surface area contributed by atoms with Gasteiger partial charge < -0.3 is 14.2 Å². The molecule has 0 aliphatic carbocycles. The average molecular weight is 283 g/mol. The molecule has 0 spiro atoms. The van der Waals surface area contributed by atoms with Gasteiger partial charge in [-0.1, -0.05) is 0 Å². The normalized spacial score (nSPS) is 9.70. The molecule has 0 amide bonds. The van der Waals surface area contributed by atoms with Crippen LogP contribution >= 0.6 is 0 Å². The van der Waals surface area contributed by atoms with Crippen molar-refractivity contribution >= 4 is 17.9 Å². The fourth-order valence-electron chi connectivity index (χ4n) is 1.43. The zero-order valence-corrected chi connectivity index (χ0v) is 11.0. The lowest BCUT2D eigenvalue weighted by Crippen LogP contribution is -2.15. The van der Waals surface area contributed by atoms with E-state index in [9.17, 15) is 19.7 Å². The average Bonchev–Trinajstić information content (AvgIpc) is 2.44. The number of carbonyl (C=O) groups excluding carboxylic acids is 2. The van der Waals surface area contributed by atoms with Crippen molar-refractivity contribution in [1.82, 2.24) is 0 Å². The number of rotatable bonds is 7. The number of aldehydes is 1. The quantitative estimate of drug-likeness (QED) is 0.322. The van der Waals surface area contributed by atoms with Crippen molar-refractivity contribution in [3.63, 3.8) is 0 Å². The Morgan fingerprint density at radius 1 is 1.40 bits per heavy atom. The lowest BCUT2D eigenvalue weighted by atomic mass is 10.1. The Hall–Kier alpha value is -2.64. The van der Waals surface area contributed by atoms with Crippen LogP contribution in [0, 0.1) is 10.1 Å². The third kappa shape index (κ3) is 3.67. The Morgan fingerprint density at radius 3 is 2.60 bits per heavy atom. The van der Waals surface area contributed by atoms with Crippen molar-refractivity contribution in [2.45, 2.75) is 6.92 Å². The molecule has 1 aromatic rings. The summed E-state index contributed by atoms with van der Waals surface area (Å²) in [6, 6.07) is 2.20. The van der Waals surface area contributed by atoms with Crippen molar-refractivity contribution in [2.75, 3.05) is 20.3 Å². The molecule has 8 nitrogen and oxygen atoms in total. The predicted octanol–water partition coefficient (Wildman–Crippen LogP) is 1.36. The number of nitrogens with zero attached hydrogens (tertiary/aromatic N) is 1. The molecule has 0 aromatic heterocycles. The lowest BCUT2D eigenvalue weighted by molar-refractivity contribution is -0.385. The van der Waals surface area contributed by atoms with Gasteiger partial charge in [0, 0.05) is 6.07 Å². The maximum Gasteiger partial charge on any atom is 0.344 e. The molecule has 1 aromatic carbocycles. The number of nitro benzene ring substituents is 1. The fourth-order valence-corrected chi connectivity index (χ4v) is 1.43. The first-order valence-corrected chi connectivity index (χ1v) is 5.63. The summed E-state index contributed by atoms with van der Waals surface area (Å²) in [5.74, 6) is -0.517. The van der Waals surface area contributed by atoms with Crippen LogP contribution in [0.15, 0.2) is 12.1 Å². The van der Waals surface area contributed by atoms with E-state index in [2.05, 4.69) is 4.74 Å². The summed E-state index contributed by atoms with van der Waals surface area (Å²) in [6.07, 6.45) is 0.343. The van der Waals surface area contributed by atoms with Crippen LogP contribution in [0.25, 0.3) is 0 Å². The van der Waals surface area contributed by atoms with Crippen LogP contribution in [0.4, 0.5) is 5.69 Å². The van der Waals surface area contributed by atoms with E-state index in [0.717, 1.165) is 6.07 Å². The molecule has 0 bridgehead atoms. The Kier molecular flexibility index (Phi) is 5.45. The second kappa shape index (κ2) is 7.07.